The molecule has 1 aromatic carbocycles. The van der Waals surface area contributed by atoms with Crippen LogP contribution in [-0.2, 0) is 4.74 Å². The molecule has 5 nitrogen and oxygen atoms in total. The minimum absolute atomic E-state index is 0. The number of rotatable bonds is 5. The molecule has 1 atom stereocenters. The lowest BCUT2D eigenvalue weighted by Crippen LogP contribution is -2.57. The minimum Gasteiger partial charge on any atom is -0.381 e. The van der Waals surface area contributed by atoms with E-state index in [0.29, 0.717) is 11.5 Å². The highest BCUT2D eigenvalue weighted by atomic mass is 127. The molecule has 0 aromatic heterocycles. The highest BCUT2D eigenvalue weighted by molar-refractivity contribution is 14.0. The molecule has 148 valence electrons. The summed E-state index contributed by atoms with van der Waals surface area (Å²) in [5, 5.41) is 6.59. The molecule has 1 fully saturated rings. The van der Waals surface area contributed by atoms with Gasteiger partial charge in [0, 0.05) is 32.3 Å². The van der Waals surface area contributed by atoms with E-state index in [1.54, 1.807) is 13.1 Å². The number of hydrogen-bond donors (Lipinski definition) is 2. The van der Waals surface area contributed by atoms with Crippen LogP contribution >= 0.6 is 24.0 Å². The van der Waals surface area contributed by atoms with Crippen molar-refractivity contribution in [1.82, 2.24) is 15.5 Å². The van der Waals surface area contributed by atoms with E-state index in [-0.39, 0.29) is 35.6 Å². The van der Waals surface area contributed by atoms with E-state index in [4.69, 9.17) is 4.74 Å². The van der Waals surface area contributed by atoms with E-state index in [0.717, 1.165) is 38.7 Å². The maximum atomic E-state index is 13.4. The highest BCUT2D eigenvalue weighted by Crippen LogP contribution is 2.25. The number of likely N-dealkylation sites (N-methyl/N-ethyl adjacent to an activating group) is 1. The van der Waals surface area contributed by atoms with E-state index in [2.05, 4.69) is 34.6 Å². The summed E-state index contributed by atoms with van der Waals surface area (Å²) in [6.45, 7) is 4.11. The van der Waals surface area contributed by atoms with E-state index in [1.807, 2.05) is 6.92 Å². The van der Waals surface area contributed by atoms with Gasteiger partial charge in [-0.05, 0) is 51.6 Å². The zero-order valence-electron chi connectivity index (χ0n) is 15.8. The Balaban J connectivity index is 0.00000338. The molecule has 8 heteroatoms. The van der Waals surface area contributed by atoms with E-state index in [1.165, 1.54) is 6.07 Å². The van der Waals surface area contributed by atoms with Crippen LogP contribution in [-0.4, -0.2) is 57.3 Å². The van der Waals surface area contributed by atoms with E-state index in [9.17, 15) is 8.78 Å². The number of hydrogen-bond acceptors (Lipinski definition) is 3. The summed E-state index contributed by atoms with van der Waals surface area (Å²) in [7, 11) is 5.85. The highest BCUT2D eigenvalue weighted by Gasteiger charge is 2.34. The summed E-state index contributed by atoms with van der Waals surface area (Å²) < 4.78 is 32.0. The Bertz CT molecular complexity index is 607. The molecule has 26 heavy (non-hydrogen) atoms. The maximum Gasteiger partial charge on any atom is 0.191 e. The van der Waals surface area contributed by atoms with Gasteiger partial charge in [-0.2, -0.15) is 0 Å². The largest absolute Gasteiger partial charge is 0.381 e. The van der Waals surface area contributed by atoms with Crippen LogP contribution in [0, 0.1) is 11.6 Å². The van der Waals surface area contributed by atoms with Gasteiger partial charge in [0.15, 0.2) is 17.6 Å². The van der Waals surface area contributed by atoms with Crippen molar-refractivity contribution in [1.29, 1.82) is 0 Å². The van der Waals surface area contributed by atoms with Gasteiger partial charge in [0.1, 0.15) is 0 Å². The molecular formula is C18H29F2IN4O. The molecule has 0 radical (unpaired) electrons. The van der Waals surface area contributed by atoms with Crippen molar-refractivity contribution in [3.8, 4) is 0 Å². The number of guanidine groups is 1. The third-order valence-corrected chi connectivity index (χ3v) is 4.98. The third-order valence-electron chi connectivity index (χ3n) is 4.98. The summed E-state index contributed by atoms with van der Waals surface area (Å²) in [5.41, 5.74) is 0.677. The number of nitrogens with zero attached hydrogens (tertiary/aromatic N) is 2. The van der Waals surface area contributed by atoms with Gasteiger partial charge in [-0.25, -0.2) is 8.78 Å². The fourth-order valence-electron chi connectivity index (χ4n) is 3.05. The SMILES string of the molecule is CN=C(NCC1(N(C)C)CCOCC1)NC(C)c1ccc(F)c(F)c1.I. The summed E-state index contributed by atoms with van der Waals surface area (Å²) in [4.78, 5) is 6.48. The average Bonchev–Trinajstić information content (AvgIpc) is 2.61. The Morgan fingerprint density at radius 3 is 2.46 bits per heavy atom. The zero-order valence-corrected chi connectivity index (χ0v) is 18.1. The van der Waals surface area contributed by atoms with Crippen LogP contribution in [0.2, 0.25) is 0 Å². The molecule has 1 unspecified atom stereocenters. The van der Waals surface area contributed by atoms with Crippen molar-refractivity contribution >= 4 is 29.9 Å². The maximum absolute atomic E-state index is 13.4. The van der Waals surface area contributed by atoms with Crippen LogP contribution < -0.4 is 10.6 Å². The minimum atomic E-state index is -0.845. The molecule has 2 N–H and O–H groups in total. The molecule has 0 amide bonds. The van der Waals surface area contributed by atoms with Crippen LogP contribution in [0.1, 0.15) is 31.4 Å². The number of aliphatic imine (C=N–C) groups is 1. The van der Waals surface area contributed by atoms with Crippen molar-refractivity contribution in [3.63, 3.8) is 0 Å². The molecule has 1 aromatic rings. The lowest BCUT2D eigenvalue weighted by Gasteiger charge is -2.43. The number of halogens is 3. The second kappa shape index (κ2) is 10.4. The number of ether oxygens (including phenoxy) is 1. The van der Waals surface area contributed by atoms with Crippen molar-refractivity contribution in [3.05, 3.63) is 35.4 Å². The first kappa shape index (κ1) is 23.0. The smallest absolute Gasteiger partial charge is 0.191 e. The Morgan fingerprint density at radius 2 is 1.92 bits per heavy atom. The first-order valence-electron chi connectivity index (χ1n) is 8.55. The first-order valence-corrected chi connectivity index (χ1v) is 8.55. The van der Waals surface area contributed by atoms with Gasteiger partial charge >= 0.3 is 0 Å². The van der Waals surface area contributed by atoms with Crippen LogP contribution in [0.3, 0.4) is 0 Å². The first-order chi connectivity index (χ1) is 11.9. The summed E-state index contributed by atoms with van der Waals surface area (Å²) in [6, 6.07) is 3.72. The second-order valence-corrected chi connectivity index (χ2v) is 6.70. The topological polar surface area (TPSA) is 48.9 Å². The fourth-order valence-corrected chi connectivity index (χ4v) is 3.05. The van der Waals surface area contributed by atoms with Gasteiger partial charge in [-0.15, -0.1) is 24.0 Å². The molecule has 1 heterocycles. The van der Waals surface area contributed by atoms with Crippen LogP contribution in [0.25, 0.3) is 0 Å². The van der Waals surface area contributed by atoms with Gasteiger partial charge < -0.3 is 20.3 Å². The third kappa shape index (κ3) is 5.75. The monoisotopic (exact) mass is 482 g/mol. The number of benzene rings is 1. The van der Waals surface area contributed by atoms with Crippen molar-refractivity contribution in [2.24, 2.45) is 4.99 Å². The summed E-state index contributed by atoms with van der Waals surface area (Å²) >= 11 is 0. The van der Waals surface area contributed by atoms with Gasteiger partial charge in [-0.3, -0.25) is 4.99 Å². The standard InChI is InChI=1S/C18H28F2N4O.HI/c1-13(14-5-6-15(19)16(20)11-14)23-17(21-2)22-12-18(24(3)4)7-9-25-10-8-18;/h5-6,11,13H,7-10,12H2,1-4H3,(H2,21,22,23);1H. The second-order valence-electron chi connectivity index (χ2n) is 6.70. The molecule has 2 rings (SSSR count). The van der Waals surface area contributed by atoms with Gasteiger partial charge in [0.25, 0.3) is 0 Å². The lowest BCUT2D eigenvalue weighted by molar-refractivity contribution is -0.00502. The van der Waals surface area contributed by atoms with Crippen LogP contribution in [0.4, 0.5) is 8.78 Å². The molecule has 1 aliphatic rings. The van der Waals surface area contributed by atoms with Crippen LogP contribution in [0.15, 0.2) is 23.2 Å². The Morgan fingerprint density at radius 1 is 1.27 bits per heavy atom. The van der Waals surface area contributed by atoms with Crippen molar-refractivity contribution in [2.75, 3.05) is 40.9 Å². The predicted octanol–water partition coefficient (Wildman–Crippen LogP) is 2.92. The summed E-state index contributed by atoms with van der Waals surface area (Å²) in [6.07, 6.45) is 1.89. The lowest BCUT2D eigenvalue weighted by atomic mass is 9.88. The fraction of sp³-hybridized carbons (Fsp3) is 0.611. The van der Waals surface area contributed by atoms with E-state index >= 15 is 0 Å². The average molecular weight is 482 g/mol. The zero-order chi connectivity index (χ0) is 18.4. The normalized spacial score (nSPS) is 18.2. The van der Waals surface area contributed by atoms with Crippen molar-refractivity contribution < 1.29 is 13.5 Å². The van der Waals surface area contributed by atoms with Gasteiger partial charge in [0.2, 0.25) is 0 Å². The predicted molar refractivity (Wildman–Crippen MR) is 111 cm³/mol. The quantitative estimate of drug-likeness (QED) is 0.385. The van der Waals surface area contributed by atoms with Crippen molar-refractivity contribution in [2.45, 2.75) is 31.3 Å². The molecule has 0 aliphatic carbocycles. The Kier molecular flexibility index (Phi) is 9.18. The molecule has 0 bridgehead atoms. The summed E-state index contributed by atoms with van der Waals surface area (Å²) in [5.74, 6) is -1.06. The molecule has 0 saturated carbocycles. The van der Waals surface area contributed by atoms with Gasteiger partial charge in [0.05, 0.1) is 6.04 Å². The molecule has 1 aliphatic heterocycles. The molecular weight excluding hydrogens is 453 g/mol. The molecule has 0 spiro atoms. The van der Waals surface area contributed by atoms with Gasteiger partial charge in [-0.1, -0.05) is 6.07 Å². The molecule has 1 saturated heterocycles. The number of nitrogens with one attached hydrogen (secondary N) is 2. The van der Waals surface area contributed by atoms with E-state index < -0.39 is 11.6 Å². The Hall–Kier alpha value is -1.00. The van der Waals surface area contributed by atoms with Crippen LogP contribution in [0.5, 0.6) is 0 Å². The Labute approximate surface area is 171 Å².